The van der Waals surface area contributed by atoms with Crippen molar-refractivity contribution in [2.75, 3.05) is 4.90 Å². The van der Waals surface area contributed by atoms with E-state index in [4.69, 9.17) is 11.6 Å². The third-order valence-corrected chi connectivity index (χ3v) is 4.51. The number of nitrogens with zero attached hydrogens (tertiary/aromatic N) is 2. The molecule has 3 aromatic rings. The quantitative estimate of drug-likeness (QED) is 0.545. The summed E-state index contributed by atoms with van der Waals surface area (Å²) >= 11 is 5.97. The largest absolute Gasteiger partial charge is 0.335 e. The number of anilines is 1. The van der Waals surface area contributed by atoms with Crippen LogP contribution in [0, 0.1) is 0 Å². The Morgan fingerprint density at radius 3 is 2.36 bits per heavy atom. The number of hydrogen-bond donors (Lipinski definition) is 1. The molecule has 1 fully saturated rings. The maximum absolute atomic E-state index is 13.0. The highest BCUT2D eigenvalue weighted by Gasteiger charge is 2.37. The Hall–Kier alpha value is -3.64. The van der Waals surface area contributed by atoms with Crippen LogP contribution in [0.3, 0.4) is 0 Å². The molecule has 0 atom stereocenters. The molecule has 138 valence electrons. The van der Waals surface area contributed by atoms with Crippen molar-refractivity contribution in [3.63, 3.8) is 0 Å². The van der Waals surface area contributed by atoms with E-state index >= 15 is 0 Å². The van der Waals surface area contributed by atoms with Crippen LogP contribution in [0.25, 0.3) is 11.8 Å². The van der Waals surface area contributed by atoms with Crippen molar-refractivity contribution in [3.05, 3.63) is 89.2 Å². The summed E-state index contributed by atoms with van der Waals surface area (Å²) in [6.07, 6.45) is 3.29. The third kappa shape index (κ3) is 3.21. The van der Waals surface area contributed by atoms with Crippen molar-refractivity contribution in [1.82, 2.24) is 9.88 Å². The summed E-state index contributed by atoms with van der Waals surface area (Å²) in [7, 11) is 0. The smallest absolute Gasteiger partial charge is 0.317 e. The maximum Gasteiger partial charge on any atom is 0.335 e. The van der Waals surface area contributed by atoms with Crippen molar-refractivity contribution in [2.24, 2.45) is 0 Å². The molecule has 0 radical (unpaired) electrons. The Bertz CT molecular complexity index is 1120. The first-order chi connectivity index (χ1) is 13.5. The molecule has 0 saturated carbocycles. The minimum Gasteiger partial charge on any atom is -0.317 e. The monoisotopic (exact) mass is 391 g/mol. The van der Waals surface area contributed by atoms with Crippen LogP contribution in [0.4, 0.5) is 10.5 Å². The van der Waals surface area contributed by atoms with Gasteiger partial charge in [0.2, 0.25) is 0 Å². The summed E-state index contributed by atoms with van der Waals surface area (Å²) in [5.41, 5.74) is 1.65. The zero-order valence-electron chi connectivity index (χ0n) is 14.5. The highest BCUT2D eigenvalue weighted by atomic mass is 35.5. The summed E-state index contributed by atoms with van der Waals surface area (Å²) in [5.74, 6) is -1.45. The molecule has 28 heavy (non-hydrogen) atoms. The topological polar surface area (TPSA) is 71.4 Å². The van der Waals surface area contributed by atoms with Crippen molar-refractivity contribution in [2.45, 2.75) is 0 Å². The van der Waals surface area contributed by atoms with Gasteiger partial charge in [0.05, 0.1) is 5.69 Å². The lowest BCUT2D eigenvalue weighted by Gasteiger charge is -2.26. The molecule has 0 aliphatic carbocycles. The van der Waals surface area contributed by atoms with Gasteiger partial charge in [-0.2, -0.15) is 0 Å². The van der Waals surface area contributed by atoms with E-state index < -0.39 is 17.8 Å². The lowest BCUT2D eigenvalue weighted by Crippen LogP contribution is -2.54. The van der Waals surface area contributed by atoms with Gasteiger partial charge in [-0.3, -0.25) is 14.9 Å². The Kier molecular flexibility index (Phi) is 4.55. The van der Waals surface area contributed by atoms with Gasteiger partial charge in [-0.1, -0.05) is 35.9 Å². The summed E-state index contributed by atoms with van der Waals surface area (Å²) in [6.45, 7) is 0. The van der Waals surface area contributed by atoms with Gasteiger partial charge >= 0.3 is 6.03 Å². The lowest BCUT2D eigenvalue weighted by atomic mass is 10.1. The predicted octanol–water partition coefficient (Wildman–Crippen LogP) is 3.80. The first-order valence-corrected chi connectivity index (χ1v) is 8.82. The van der Waals surface area contributed by atoms with Crippen molar-refractivity contribution in [1.29, 1.82) is 0 Å². The van der Waals surface area contributed by atoms with Crippen molar-refractivity contribution in [3.8, 4) is 5.69 Å². The Morgan fingerprint density at radius 1 is 0.857 bits per heavy atom. The van der Waals surface area contributed by atoms with E-state index in [2.05, 4.69) is 5.32 Å². The molecule has 4 rings (SSSR count). The van der Waals surface area contributed by atoms with Crippen LogP contribution in [-0.2, 0) is 9.59 Å². The number of carbonyl (C=O) groups is 3. The number of urea groups is 1. The zero-order chi connectivity index (χ0) is 19.7. The Morgan fingerprint density at radius 2 is 1.61 bits per heavy atom. The number of aromatic nitrogens is 1. The third-order valence-electron chi connectivity index (χ3n) is 4.27. The molecular formula is C21H14ClN3O3. The number of nitrogens with one attached hydrogen (secondary N) is 1. The first kappa shape index (κ1) is 17.8. The summed E-state index contributed by atoms with van der Waals surface area (Å²) in [4.78, 5) is 38.5. The van der Waals surface area contributed by atoms with Gasteiger partial charge < -0.3 is 4.57 Å². The van der Waals surface area contributed by atoms with Crippen LogP contribution < -0.4 is 10.2 Å². The van der Waals surface area contributed by atoms with E-state index in [0.717, 1.165) is 10.6 Å². The Labute approximate surface area is 165 Å². The number of benzene rings is 2. The fourth-order valence-corrected chi connectivity index (χ4v) is 3.18. The first-order valence-electron chi connectivity index (χ1n) is 8.44. The van der Waals surface area contributed by atoms with E-state index in [1.54, 1.807) is 24.3 Å². The molecule has 1 aromatic heterocycles. The maximum atomic E-state index is 13.0. The molecule has 7 heteroatoms. The molecule has 1 aliphatic heterocycles. The van der Waals surface area contributed by atoms with E-state index in [0.29, 0.717) is 10.7 Å². The number of amides is 4. The number of para-hydroxylation sites is 1. The van der Waals surface area contributed by atoms with Crippen molar-refractivity contribution < 1.29 is 14.4 Å². The molecule has 2 aromatic carbocycles. The standard InChI is InChI=1S/C21H14ClN3O3/c22-14-6-4-9-17(12-14)25-20(27)18(19(26)23-21(25)28)13-16-10-5-11-24(16)15-7-2-1-3-8-15/h1-13H,(H,23,26,28)/b18-13+. The second kappa shape index (κ2) is 7.17. The van der Waals surface area contributed by atoms with Crippen LogP contribution >= 0.6 is 11.6 Å². The average molecular weight is 392 g/mol. The second-order valence-corrected chi connectivity index (χ2v) is 6.51. The van der Waals surface area contributed by atoms with Gasteiger partial charge in [-0.25, -0.2) is 9.69 Å². The van der Waals surface area contributed by atoms with Crippen molar-refractivity contribution >= 4 is 41.2 Å². The molecule has 4 amide bonds. The molecule has 0 bridgehead atoms. The number of halogens is 1. The molecule has 2 heterocycles. The highest BCUT2D eigenvalue weighted by Crippen LogP contribution is 2.25. The molecule has 6 nitrogen and oxygen atoms in total. The van der Waals surface area contributed by atoms with E-state index in [9.17, 15) is 14.4 Å². The van der Waals surface area contributed by atoms with Crippen LogP contribution in [0.2, 0.25) is 5.02 Å². The molecule has 1 N–H and O–H groups in total. The van der Waals surface area contributed by atoms with Gasteiger partial charge in [0.15, 0.2) is 0 Å². The molecule has 1 saturated heterocycles. The minimum atomic E-state index is -0.812. The van der Waals surface area contributed by atoms with Gasteiger partial charge in [0.1, 0.15) is 5.57 Å². The SMILES string of the molecule is O=C1NC(=O)N(c2cccc(Cl)c2)C(=O)/C1=C/c1cccn1-c1ccccc1. The number of rotatable bonds is 3. The number of carbonyl (C=O) groups excluding carboxylic acids is 3. The van der Waals surface area contributed by atoms with Gasteiger partial charge in [0.25, 0.3) is 11.8 Å². The molecular weight excluding hydrogens is 378 g/mol. The number of hydrogen-bond acceptors (Lipinski definition) is 3. The van der Waals surface area contributed by atoms with Crippen LogP contribution in [0.15, 0.2) is 78.5 Å². The predicted molar refractivity (Wildman–Crippen MR) is 106 cm³/mol. The molecule has 1 aliphatic rings. The zero-order valence-corrected chi connectivity index (χ0v) is 15.3. The summed E-state index contributed by atoms with van der Waals surface area (Å²) in [6, 6.07) is 18.6. The molecule has 0 unspecified atom stereocenters. The van der Waals surface area contributed by atoms with Crippen LogP contribution in [0.5, 0.6) is 0 Å². The van der Waals surface area contributed by atoms with Gasteiger partial charge in [-0.15, -0.1) is 0 Å². The van der Waals surface area contributed by atoms with E-state index in [-0.39, 0.29) is 11.3 Å². The fourth-order valence-electron chi connectivity index (χ4n) is 2.99. The Balaban J connectivity index is 1.76. The number of barbiturate groups is 1. The van der Waals surface area contributed by atoms with Crippen LogP contribution in [0.1, 0.15) is 5.69 Å². The minimum absolute atomic E-state index is 0.143. The fraction of sp³-hybridized carbons (Fsp3) is 0. The second-order valence-electron chi connectivity index (χ2n) is 6.08. The number of imide groups is 2. The van der Waals surface area contributed by atoms with E-state index in [1.165, 1.54) is 12.1 Å². The highest BCUT2D eigenvalue weighted by molar-refractivity contribution is 6.39. The van der Waals surface area contributed by atoms with E-state index in [1.807, 2.05) is 47.2 Å². The normalized spacial score (nSPS) is 15.8. The average Bonchev–Trinajstić information content (AvgIpc) is 3.14. The van der Waals surface area contributed by atoms with Gasteiger partial charge in [-0.05, 0) is 48.5 Å². The summed E-state index contributed by atoms with van der Waals surface area (Å²) < 4.78 is 1.84. The lowest BCUT2D eigenvalue weighted by molar-refractivity contribution is -0.122. The van der Waals surface area contributed by atoms with Gasteiger partial charge in [0, 0.05) is 22.6 Å². The molecule has 0 spiro atoms. The van der Waals surface area contributed by atoms with Crippen LogP contribution in [-0.4, -0.2) is 22.4 Å². The summed E-state index contributed by atoms with van der Waals surface area (Å²) in [5, 5.41) is 2.58.